The molecule has 2 aromatic carbocycles. The molecule has 6 heteroatoms. The zero-order valence-corrected chi connectivity index (χ0v) is 12.3. The number of carbonyl (C=O) groups is 1. The van der Waals surface area contributed by atoms with Crippen LogP contribution in [0.1, 0.15) is 10.4 Å². The van der Waals surface area contributed by atoms with Gasteiger partial charge in [0.2, 0.25) is 0 Å². The number of amides is 1. The molecule has 0 aliphatic heterocycles. The largest absolute Gasteiger partial charge is 0.322 e. The van der Waals surface area contributed by atoms with Gasteiger partial charge in [-0.15, -0.1) is 0 Å². The Hall–Kier alpha value is -1.21. The minimum atomic E-state index is -1.11. The van der Waals surface area contributed by atoms with Gasteiger partial charge < -0.3 is 5.32 Å². The Labute approximate surface area is 126 Å². The lowest BCUT2D eigenvalue weighted by Gasteiger charge is -2.07. The van der Waals surface area contributed by atoms with Gasteiger partial charge in [-0.1, -0.05) is 17.7 Å². The minimum Gasteiger partial charge on any atom is -0.322 e. The molecule has 98 valence electrons. The van der Waals surface area contributed by atoms with Crippen LogP contribution in [0, 0.1) is 15.2 Å². The summed E-state index contributed by atoms with van der Waals surface area (Å²) in [5.41, 5.74) is 0.442. The summed E-state index contributed by atoms with van der Waals surface area (Å²) in [5, 5.41) is 2.43. The van der Waals surface area contributed by atoms with E-state index in [-0.39, 0.29) is 10.6 Å². The van der Waals surface area contributed by atoms with Gasteiger partial charge in [0.15, 0.2) is 11.6 Å². The van der Waals surface area contributed by atoms with Crippen molar-refractivity contribution in [2.45, 2.75) is 0 Å². The molecular formula is C13H7ClF2INO. The number of hydrogen-bond donors (Lipinski definition) is 1. The van der Waals surface area contributed by atoms with E-state index >= 15 is 0 Å². The Morgan fingerprint density at radius 3 is 2.53 bits per heavy atom. The van der Waals surface area contributed by atoms with E-state index in [0.29, 0.717) is 5.69 Å². The van der Waals surface area contributed by atoms with E-state index in [1.54, 1.807) is 18.2 Å². The predicted molar refractivity (Wildman–Crippen MR) is 78.5 cm³/mol. The standard InChI is InChI=1S/C13H7ClF2INO/c14-10-6-12(16)11(15)5-9(10)13(19)18-8-3-1-2-7(17)4-8/h1-6H,(H,18,19). The van der Waals surface area contributed by atoms with Crippen LogP contribution >= 0.6 is 34.2 Å². The van der Waals surface area contributed by atoms with Gasteiger partial charge >= 0.3 is 0 Å². The monoisotopic (exact) mass is 393 g/mol. The second-order valence-electron chi connectivity index (χ2n) is 3.71. The molecule has 2 aromatic rings. The lowest BCUT2D eigenvalue weighted by Crippen LogP contribution is -2.13. The summed E-state index contributed by atoms with van der Waals surface area (Å²) in [6.45, 7) is 0. The van der Waals surface area contributed by atoms with Crippen molar-refractivity contribution in [2.24, 2.45) is 0 Å². The molecule has 0 aromatic heterocycles. The summed E-state index contributed by atoms with van der Waals surface area (Å²) in [4.78, 5) is 11.9. The number of halogens is 4. The normalized spacial score (nSPS) is 10.3. The van der Waals surface area contributed by atoms with Crippen molar-refractivity contribution < 1.29 is 13.6 Å². The first-order valence-corrected chi connectivity index (χ1v) is 6.64. The highest BCUT2D eigenvalue weighted by molar-refractivity contribution is 14.1. The molecule has 0 aliphatic carbocycles. The van der Waals surface area contributed by atoms with Crippen molar-refractivity contribution in [1.82, 2.24) is 0 Å². The van der Waals surface area contributed by atoms with Crippen molar-refractivity contribution in [3.8, 4) is 0 Å². The molecule has 1 N–H and O–H groups in total. The van der Waals surface area contributed by atoms with Crippen LogP contribution in [0.2, 0.25) is 5.02 Å². The second kappa shape index (κ2) is 5.83. The maximum Gasteiger partial charge on any atom is 0.257 e. The fraction of sp³-hybridized carbons (Fsp3) is 0. The number of rotatable bonds is 2. The Morgan fingerprint density at radius 2 is 1.84 bits per heavy atom. The van der Waals surface area contributed by atoms with Gasteiger partial charge in [-0.25, -0.2) is 8.78 Å². The molecule has 2 nitrogen and oxygen atoms in total. The van der Waals surface area contributed by atoms with E-state index in [0.717, 1.165) is 15.7 Å². The first-order chi connectivity index (χ1) is 8.97. The molecule has 0 unspecified atom stereocenters. The molecule has 0 radical (unpaired) electrons. The number of carbonyl (C=O) groups excluding carboxylic acids is 1. The van der Waals surface area contributed by atoms with Gasteiger partial charge in [0.25, 0.3) is 5.91 Å². The zero-order chi connectivity index (χ0) is 14.0. The van der Waals surface area contributed by atoms with Gasteiger partial charge in [-0.05, 0) is 52.9 Å². The lowest BCUT2D eigenvalue weighted by atomic mass is 10.2. The molecule has 19 heavy (non-hydrogen) atoms. The summed E-state index contributed by atoms with van der Waals surface area (Å²) in [6, 6.07) is 8.62. The van der Waals surface area contributed by atoms with Gasteiger partial charge in [0.1, 0.15) is 0 Å². The van der Waals surface area contributed by atoms with Crippen LogP contribution in [0.15, 0.2) is 36.4 Å². The van der Waals surface area contributed by atoms with Crippen molar-refractivity contribution in [1.29, 1.82) is 0 Å². The predicted octanol–water partition coefficient (Wildman–Crippen LogP) is 4.48. The molecule has 0 bridgehead atoms. The summed E-state index contributed by atoms with van der Waals surface area (Å²) in [7, 11) is 0. The number of benzene rings is 2. The van der Waals surface area contributed by atoms with Crippen LogP contribution in [-0.4, -0.2) is 5.91 Å². The van der Waals surface area contributed by atoms with Crippen molar-refractivity contribution in [3.05, 3.63) is 62.2 Å². The van der Waals surface area contributed by atoms with Crippen LogP contribution in [0.25, 0.3) is 0 Å². The topological polar surface area (TPSA) is 29.1 Å². The van der Waals surface area contributed by atoms with E-state index in [4.69, 9.17) is 11.6 Å². The molecule has 0 fully saturated rings. The third-order valence-corrected chi connectivity index (χ3v) is 3.32. The lowest BCUT2D eigenvalue weighted by molar-refractivity contribution is 0.102. The average Bonchev–Trinajstić information content (AvgIpc) is 2.33. The van der Waals surface area contributed by atoms with E-state index in [1.165, 1.54) is 0 Å². The Balaban J connectivity index is 2.28. The zero-order valence-electron chi connectivity index (χ0n) is 9.38. The van der Waals surface area contributed by atoms with Crippen LogP contribution in [0.4, 0.5) is 14.5 Å². The van der Waals surface area contributed by atoms with Crippen LogP contribution in [-0.2, 0) is 0 Å². The maximum atomic E-state index is 13.1. The summed E-state index contributed by atoms with van der Waals surface area (Å²) >= 11 is 7.82. The second-order valence-corrected chi connectivity index (χ2v) is 5.36. The molecule has 0 saturated carbocycles. The maximum absolute atomic E-state index is 13.1. The smallest absolute Gasteiger partial charge is 0.257 e. The molecule has 0 heterocycles. The molecule has 0 spiro atoms. The highest BCUT2D eigenvalue weighted by atomic mass is 127. The van der Waals surface area contributed by atoms with E-state index in [1.807, 2.05) is 6.07 Å². The van der Waals surface area contributed by atoms with Crippen LogP contribution in [0.3, 0.4) is 0 Å². The fourth-order valence-corrected chi connectivity index (χ4v) is 2.24. The number of nitrogens with one attached hydrogen (secondary N) is 1. The third-order valence-electron chi connectivity index (χ3n) is 2.34. The molecule has 0 aliphatic rings. The van der Waals surface area contributed by atoms with Gasteiger partial charge in [0.05, 0.1) is 10.6 Å². The first kappa shape index (κ1) is 14.2. The third kappa shape index (κ3) is 3.42. The van der Waals surface area contributed by atoms with Crippen molar-refractivity contribution in [2.75, 3.05) is 5.32 Å². The fourth-order valence-electron chi connectivity index (χ4n) is 1.46. The van der Waals surface area contributed by atoms with E-state index < -0.39 is 17.5 Å². The van der Waals surface area contributed by atoms with Gasteiger partial charge in [-0.3, -0.25) is 4.79 Å². The Bertz CT molecular complexity index is 649. The van der Waals surface area contributed by atoms with Crippen LogP contribution in [0.5, 0.6) is 0 Å². The van der Waals surface area contributed by atoms with E-state index in [9.17, 15) is 13.6 Å². The first-order valence-electron chi connectivity index (χ1n) is 5.19. The number of hydrogen-bond acceptors (Lipinski definition) is 1. The SMILES string of the molecule is O=C(Nc1cccc(I)c1)c1cc(F)c(F)cc1Cl. The summed E-state index contributed by atoms with van der Waals surface area (Å²) in [6.07, 6.45) is 0. The number of anilines is 1. The highest BCUT2D eigenvalue weighted by Gasteiger charge is 2.15. The van der Waals surface area contributed by atoms with Crippen molar-refractivity contribution >= 4 is 45.8 Å². The highest BCUT2D eigenvalue weighted by Crippen LogP contribution is 2.21. The summed E-state index contributed by atoms with van der Waals surface area (Å²) < 4.78 is 27.0. The molecule has 1 amide bonds. The van der Waals surface area contributed by atoms with Crippen LogP contribution < -0.4 is 5.32 Å². The molecular weight excluding hydrogens is 387 g/mol. The molecule has 2 rings (SSSR count). The van der Waals surface area contributed by atoms with E-state index in [2.05, 4.69) is 27.9 Å². The summed E-state index contributed by atoms with van der Waals surface area (Å²) in [5.74, 6) is -2.79. The van der Waals surface area contributed by atoms with Gasteiger partial charge in [0, 0.05) is 9.26 Å². The van der Waals surface area contributed by atoms with Crippen molar-refractivity contribution in [3.63, 3.8) is 0 Å². The Kier molecular flexibility index (Phi) is 4.36. The molecule has 0 saturated heterocycles. The quantitative estimate of drug-likeness (QED) is 0.592. The minimum absolute atomic E-state index is 0.112. The Morgan fingerprint density at radius 1 is 1.16 bits per heavy atom. The average molecular weight is 394 g/mol. The molecule has 0 atom stereocenters. The van der Waals surface area contributed by atoms with Gasteiger partial charge in [-0.2, -0.15) is 0 Å².